The number of rotatable bonds is 5. The van der Waals surface area contributed by atoms with Crippen molar-refractivity contribution in [1.82, 2.24) is 4.90 Å². The molecule has 1 unspecified atom stereocenters. The van der Waals surface area contributed by atoms with Gasteiger partial charge in [0.05, 0.1) is 18.9 Å². The summed E-state index contributed by atoms with van der Waals surface area (Å²) in [6.07, 6.45) is -0.287. The van der Waals surface area contributed by atoms with Crippen LogP contribution < -0.4 is 9.64 Å². The normalized spacial score (nSPS) is 18.6. The van der Waals surface area contributed by atoms with Crippen LogP contribution in [0.15, 0.2) is 24.3 Å². The SMILES string of the molecule is COc1ccccc1N1CCN(CC(C)(C)C(C)O)CC1. The van der Waals surface area contributed by atoms with Crippen molar-refractivity contribution in [3.8, 4) is 5.75 Å². The van der Waals surface area contributed by atoms with Crippen LogP contribution in [0.3, 0.4) is 0 Å². The first-order valence-electron chi connectivity index (χ1n) is 7.72. The fourth-order valence-electron chi connectivity index (χ4n) is 2.75. The average molecular weight is 292 g/mol. The van der Waals surface area contributed by atoms with Gasteiger partial charge >= 0.3 is 0 Å². The van der Waals surface area contributed by atoms with Gasteiger partial charge in [0.2, 0.25) is 0 Å². The highest BCUT2D eigenvalue weighted by molar-refractivity contribution is 5.58. The highest BCUT2D eigenvalue weighted by Crippen LogP contribution is 2.29. The van der Waals surface area contributed by atoms with Crippen molar-refractivity contribution in [2.24, 2.45) is 5.41 Å². The smallest absolute Gasteiger partial charge is 0.142 e. The summed E-state index contributed by atoms with van der Waals surface area (Å²) < 4.78 is 5.45. The van der Waals surface area contributed by atoms with Gasteiger partial charge in [0, 0.05) is 38.1 Å². The van der Waals surface area contributed by atoms with Gasteiger partial charge in [0.1, 0.15) is 5.75 Å². The van der Waals surface area contributed by atoms with E-state index in [0.29, 0.717) is 0 Å². The van der Waals surface area contributed by atoms with E-state index < -0.39 is 0 Å². The maximum Gasteiger partial charge on any atom is 0.142 e. The largest absolute Gasteiger partial charge is 0.495 e. The third kappa shape index (κ3) is 3.89. The van der Waals surface area contributed by atoms with E-state index in [1.54, 1.807) is 7.11 Å². The summed E-state index contributed by atoms with van der Waals surface area (Å²) in [4.78, 5) is 4.82. The van der Waals surface area contributed by atoms with Crippen molar-refractivity contribution in [3.05, 3.63) is 24.3 Å². The zero-order valence-corrected chi connectivity index (χ0v) is 13.7. The fourth-order valence-corrected chi connectivity index (χ4v) is 2.75. The minimum atomic E-state index is -0.287. The van der Waals surface area contributed by atoms with Gasteiger partial charge in [-0.1, -0.05) is 26.0 Å². The first kappa shape index (κ1) is 16.1. The van der Waals surface area contributed by atoms with Gasteiger partial charge in [-0.15, -0.1) is 0 Å². The van der Waals surface area contributed by atoms with Crippen LogP contribution in [0.5, 0.6) is 5.75 Å². The number of anilines is 1. The maximum absolute atomic E-state index is 9.86. The van der Waals surface area contributed by atoms with Crippen molar-refractivity contribution < 1.29 is 9.84 Å². The van der Waals surface area contributed by atoms with Gasteiger partial charge in [-0.2, -0.15) is 0 Å². The van der Waals surface area contributed by atoms with Gasteiger partial charge in [0.15, 0.2) is 0 Å². The predicted octanol–water partition coefficient (Wildman–Crippen LogP) is 2.22. The van der Waals surface area contributed by atoms with E-state index >= 15 is 0 Å². The quantitative estimate of drug-likeness (QED) is 0.903. The molecule has 4 heteroatoms. The molecule has 4 nitrogen and oxygen atoms in total. The Morgan fingerprint density at radius 3 is 2.38 bits per heavy atom. The second-order valence-corrected chi connectivity index (χ2v) is 6.60. The molecule has 21 heavy (non-hydrogen) atoms. The minimum Gasteiger partial charge on any atom is -0.495 e. The van der Waals surface area contributed by atoms with Crippen LogP contribution >= 0.6 is 0 Å². The number of hydrogen-bond donors (Lipinski definition) is 1. The Bertz CT molecular complexity index is 452. The standard InChI is InChI=1S/C17H28N2O2/c1-14(20)17(2,3)13-18-9-11-19(12-10-18)15-7-5-6-8-16(15)21-4/h5-8,14,20H,9-13H2,1-4H3. The Labute approximate surface area is 128 Å². The third-order valence-electron chi connectivity index (χ3n) is 4.56. The number of methoxy groups -OCH3 is 1. The molecule has 1 saturated heterocycles. The number of ether oxygens (including phenoxy) is 1. The Kier molecular flexibility index (Phi) is 5.12. The Hall–Kier alpha value is -1.26. The number of nitrogens with zero attached hydrogens (tertiary/aromatic N) is 2. The Morgan fingerprint density at radius 2 is 1.81 bits per heavy atom. The molecule has 1 heterocycles. The molecule has 1 N–H and O–H groups in total. The average Bonchev–Trinajstić information content (AvgIpc) is 2.47. The van der Waals surface area contributed by atoms with E-state index in [4.69, 9.17) is 4.74 Å². The van der Waals surface area contributed by atoms with E-state index in [1.165, 1.54) is 5.69 Å². The van der Waals surface area contributed by atoms with Crippen LogP contribution in [0.25, 0.3) is 0 Å². The number of piperazine rings is 1. The van der Waals surface area contributed by atoms with Crippen molar-refractivity contribution in [2.75, 3.05) is 44.7 Å². The Balaban J connectivity index is 1.94. The van der Waals surface area contributed by atoms with Crippen LogP contribution in [0.1, 0.15) is 20.8 Å². The van der Waals surface area contributed by atoms with Crippen LogP contribution in [0.2, 0.25) is 0 Å². The summed E-state index contributed by atoms with van der Waals surface area (Å²) in [6, 6.07) is 8.19. The summed E-state index contributed by atoms with van der Waals surface area (Å²) in [6.45, 7) is 11.1. The summed E-state index contributed by atoms with van der Waals surface area (Å²) in [5, 5.41) is 9.86. The Morgan fingerprint density at radius 1 is 1.19 bits per heavy atom. The van der Waals surface area contributed by atoms with Crippen molar-refractivity contribution in [3.63, 3.8) is 0 Å². The second-order valence-electron chi connectivity index (χ2n) is 6.60. The molecule has 0 saturated carbocycles. The summed E-state index contributed by atoms with van der Waals surface area (Å²) in [5.41, 5.74) is 1.11. The number of aliphatic hydroxyl groups is 1. The molecule has 1 aliphatic heterocycles. The van der Waals surface area contributed by atoms with Crippen molar-refractivity contribution >= 4 is 5.69 Å². The predicted molar refractivity (Wildman–Crippen MR) is 87.1 cm³/mol. The third-order valence-corrected chi connectivity index (χ3v) is 4.56. The molecule has 0 spiro atoms. The van der Waals surface area contributed by atoms with E-state index in [1.807, 2.05) is 19.1 Å². The maximum atomic E-state index is 9.86. The van der Waals surface area contributed by atoms with Crippen LogP contribution in [-0.4, -0.2) is 55.9 Å². The lowest BCUT2D eigenvalue weighted by molar-refractivity contribution is 0.0330. The molecular formula is C17H28N2O2. The molecular weight excluding hydrogens is 264 g/mol. The van der Waals surface area contributed by atoms with Gasteiger partial charge < -0.3 is 14.7 Å². The molecule has 1 fully saturated rings. The first-order valence-corrected chi connectivity index (χ1v) is 7.72. The summed E-state index contributed by atoms with van der Waals surface area (Å²) in [5.74, 6) is 0.940. The fraction of sp³-hybridized carbons (Fsp3) is 0.647. The van der Waals surface area contributed by atoms with Gasteiger partial charge in [-0.3, -0.25) is 4.90 Å². The highest BCUT2D eigenvalue weighted by atomic mass is 16.5. The number of para-hydroxylation sites is 2. The molecule has 1 atom stereocenters. The van der Waals surface area contributed by atoms with E-state index in [9.17, 15) is 5.11 Å². The minimum absolute atomic E-state index is 0.0629. The van der Waals surface area contributed by atoms with Crippen LogP contribution in [-0.2, 0) is 0 Å². The lowest BCUT2D eigenvalue weighted by Gasteiger charge is -2.41. The molecule has 0 aliphatic carbocycles. The van der Waals surface area contributed by atoms with Crippen molar-refractivity contribution in [2.45, 2.75) is 26.9 Å². The summed E-state index contributed by atoms with van der Waals surface area (Å²) in [7, 11) is 1.72. The molecule has 1 aromatic carbocycles. The number of benzene rings is 1. The van der Waals surface area contributed by atoms with Gasteiger partial charge in [-0.25, -0.2) is 0 Å². The van der Waals surface area contributed by atoms with Crippen LogP contribution in [0.4, 0.5) is 5.69 Å². The topological polar surface area (TPSA) is 35.9 Å². The molecule has 0 radical (unpaired) electrons. The lowest BCUT2D eigenvalue weighted by Crippen LogP contribution is -2.50. The first-order chi connectivity index (χ1) is 9.94. The molecule has 1 aliphatic rings. The van der Waals surface area contributed by atoms with E-state index in [0.717, 1.165) is 38.5 Å². The molecule has 0 aromatic heterocycles. The molecule has 2 rings (SSSR count). The molecule has 0 bridgehead atoms. The molecule has 1 aromatic rings. The van der Waals surface area contributed by atoms with Crippen molar-refractivity contribution in [1.29, 1.82) is 0 Å². The van der Waals surface area contributed by atoms with Crippen LogP contribution in [0, 0.1) is 5.41 Å². The highest BCUT2D eigenvalue weighted by Gasteiger charge is 2.29. The molecule has 118 valence electrons. The van der Waals surface area contributed by atoms with E-state index in [-0.39, 0.29) is 11.5 Å². The second kappa shape index (κ2) is 6.67. The lowest BCUT2D eigenvalue weighted by atomic mass is 9.86. The number of hydrogen-bond acceptors (Lipinski definition) is 4. The summed E-state index contributed by atoms with van der Waals surface area (Å²) >= 11 is 0. The van der Waals surface area contributed by atoms with E-state index in [2.05, 4.69) is 35.8 Å². The number of aliphatic hydroxyl groups excluding tert-OH is 1. The van der Waals surface area contributed by atoms with Gasteiger partial charge in [-0.05, 0) is 19.1 Å². The monoisotopic (exact) mass is 292 g/mol. The zero-order valence-electron chi connectivity index (χ0n) is 13.7. The zero-order chi connectivity index (χ0) is 15.5. The molecule has 0 amide bonds. The van der Waals surface area contributed by atoms with Gasteiger partial charge in [0.25, 0.3) is 0 Å².